The maximum absolute atomic E-state index is 3.27. The van der Waals surface area contributed by atoms with Gasteiger partial charge in [-0.15, -0.1) is 0 Å². The Hall–Kier alpha value is -8.38. The fourth-order valence-electron chi connectivity index (χ4n) is 9.52. The highest BCUT2D eigenvalue weighted by Gasteiger charge is 2.19. The minimum atomic E-state index is 1.02. The maximum atomic E-state index is 3.27. The van der Waals surface area contributed by atoms with Crippen LogP contribution in [0.2, 0.25) is 0 Å². The van der Waals surface area contributed by atoms with Crippen molar-refractivity contribution in [2.45, 2.75) is 0 Å². The van der Waals surface area contributed by atoms with Crippen LogP contribution >= 0.6 is 0 Å². The van der Waals surface area contributed by atoms with Crippen molar-refractivity contribution >= 4 is 76.8 Å². The molecule has 2 heteroatoms. The van der Waals surface area contributed by atoms with Crippen LogP contribution in [0.3, 0.4) is 0 Å². The largest absolute Gasteiger partial charge is 0.310 e. The fraction of sp³-hybridized carbons (Fsp3) is 0. The van der Waals surface area contributed by atoms with E-state index in [2.05, 4.69) is 239 Å². The van der Waals surface area contributed by atoms with Gasteiger partial charge < -0.3 is 9.47 Å². The Labute approximate surface area is 360 Å². The molecule has 11 aromatic rings. The molecular formula is C60H38N2. The molecule has 1 aliphatic rings. The van der Waals surface area contributed by atoms with Gasteiger partial charge >= 0.3 is 0 Å². The van der Waals surface area contributed by atoms with E-state index in [4.69, 9.17) is 0 Å². The summed E-state index contributed by atoms with van der Waals surface area (Å²) in [7, 11) is 0. The average Bonchev–Trinajstić information content (AvgIpc) is 3.69. The van der Waals surface area contributed by atoms with Crippen molar-refractivity contribution in [3.8, 4) is 27.9 Å². The first kappa shape index (κ1) is 35.6. The molecule has 0 atom stereocenters. The maximum Gasteiger partial charge on any atom is 0.0547 e. The zero-order chi connectivity index (χ0) is 41.0. The van der Waals surface area contributed by atoms with Crippen LogP contribution in [0.4, 0.5) is 17.1 Å². The second-order valence-electron chi connectivity index (χ2n) is 16.0. The van der Waals surface area contributed by atoms with Gasteiger partial charge in [0.25, 0.3) is 0 Å². The molecule has 10 aromatic carbocycles. The predicted octanol–water partition coefficient (Wildman–Crippen LogP) is 16.3. The Morgan fingerprint density at radius 2 is 1.02 bits per heavy atom. The topological polar surface area (TPSA) is 8.17 Å². The highest BCUT2D eigenvalue weighted by Crippen LogP contribution is 2.43. The molecular weight excluding hydrogens is 749 g/mol. The normalized spacial score (nSPS) is 12.2. The van der Waals surface area contributed by atoms with Gasteiger partial charge in [0, 0.05) is 39.1 Å². The van der Waals surface area contributed by atoms with E-state index in [0.29, 0.717) is 0 Å². The summed E-state index contributed by atoms with van der Waals surface area (Å²) in [5.74, 6) is 0. The van der Waals surface area contributed by atoms with Crippen molar-refractivity contribution in [2.75, 3.05) is 4.90 Å². The van der Waals surface area contributed by atoms with E-state index in [1.807, 2.05) is 12.2 Å². The number of fused-ring (bicyclic) bond motifs is 7. The van der Waals surface area contributed by atoms with Gasteiger partial charge in [-0.2, -0.15) is 0 Å². The first-order valence-electron chi connectivity index (χ1n) is 21.2. The van der Waals surface area contributed by atoms with Crippen LogP contribution in [-0.2, 0) is 0 Å². The van der Waals surface area contributed by atoms with E-state index >= 15 is 0 Å². The Kier molecular flexibility index (Phi) is 8.44. The summed E-state index contributed by atoms with van der Waals surface area (Å²) in [6.07, 6.45) is 5.98. The molecule has 0 spiro atoms. The van der Waals surface area contributed by atoms with Crippen LogP contribution in [0.5, 0.6) is 0 Å². The van der Waals surface area contributed by atoms with Gasteiger partial charge in [0.1, 0.15) is 0 Å². The number of hydrogen-bond donors (Lipinski definition) is 0. The van der Waals surface area contributed by atoms with Crippen LogP contribution in [0.25, 0.3) is 87.6 Å². The molecule has 12 rings (SSSR count). The molecule has 1 heterocycles. The summed E-state index contributed by atoms with van der Waals surface area (Å²) in [6, 6.07) is 77.5. The lowest BCUT2D eigenvalue weighted by Crippen LogP contribution is -2.10. The molecule has 0 radical (unpaired) electrons. The molecule has 0 amide bonds. The lowest BCUT2D eigenvalue weighted by Gasteiger charge is -2.26. The fourth-order valence-corrected chi connectivity index (χ4v) is 9.52. The van der Waals surface area contributed by atoms with Crippen molar-refractivity contribution in [3.05, 3.63) is 248 Å². The van der Waals surface area contributed by atoms with Crippen molar-refractivity contribution in [1.82, 2.24) is 4.57 Å². The first-order valence-corrected chi connectivity index (χ1v) is 21.2. The number of benzene rings is 10. The third-order valence-corrected chi connectivity index (χ3v) is 12.4. The van der Waals surface area contributed by atoms with Crippen LogP contribution in [-0.4, -0.2) is 4.57 Å². The van der Waals surface area contributed by atoms with E-state index in [-0.39, 0.29) is 0 Å². The Bertz CT molecular complexity index is 3700. The second-order valence-corrected chi connectivity index (χ2v) is 16.0. The summed E-state index contributed by atoms with van der Waals surface area (Å²) >= 11 is 0. The van der Waals surface area contributed by atoms with E-state index in [1.165, 1.54) is 70.8 Å². The predicted molar refractivity (Wildman–Crippen MR) is 263 cm³/mol. The zero-order valence-corrected chi connectivity index (χ0v) is 33.8. The van der Waals surface area contributed by atoms with Gasteiger partial charge in [0.2, 0.25) is 0 Å². The molecule has 0 saturated carbocycles. The summed E-state index contributed by atoms with van der Waals surface area (Å²) < 4.78 is 2.43. The molecule has 0 saturated heterocycles. The summed E-state index contributed by atoms with van der Waals surface area (Å²) in [4.78, 5) is 2.36. The standard InChI is InChI=1S/C60H38N2/c1-2-13-41(14-3-1)42-29-33-48(34-30-42)61(49-35-31-45(32-36-49)54-23-11-17-43-15-4-6-20-52(43)54)50-19-10-18-46(39-50)56-24-12-26-59-60(56)57-22-8-9-25-58(57)62(59)51-37-38-55-47(40-51)28-27-44-16-5-7-21-53(44)55/h1-2,4-13,15-40H. The Morgan fingerprint density at radius 3 is 1.82 bits per heavy atom. The van der Waals surface area contributed by atoms with Crippen LogP contribution in [0, 0.1) is 0 Å². The summed E-state index contributed by atoms with van der Waals surface area (Å²) in [5, 5.41) is 10.00. The number of nitrogens with zero attached hydrogens (tertiary/aromatic N) is 2. The summed E-state index contributed by atoms with van der Waals surface area (Å²) in [6.45, 7) is 0. The van der Waals surface area contributed by atoms with E-state index in [9.17, 15) is 0 Å². The molecule has 2 nitrogen and oxygen atoms in total. The van der Waals surface area contributed by atoms with Crippen molar-refractivity contribution < 1.29 is 0 Å². The quantitative estimate of drug-likeness (QED) is 0.115. The molecule has 0 N–H and O–H groups in total. The number of para-hydroxylation sites is 1. The van der Waals surface area contributed by atoms with Crippen molar-refractivity contribution in [3.63, 3.8) is 0 Å². The molecule has 62 heavy (non-hydrogen) atoms. The highest BCUT2D eigenvalue weighted by molar-refractivity contribution is 6.16. The molecule has 0 fully saturated rings. The lowest BCUT2D eigenvalue weighted by molar-refractivity contribution is 1.19. The summed E-state index contributed by atoms with van der Waals surface area (Å²) in [5.41, 5.74) is 20.0. The Balaban J connectivity index is 0.997. The van der Waals surface area contributed by atoms with Crippen LogP contribution in [0.1, 0.15) is 5.56 Å². The van der Waals surface area contributed by atoms with Gasteiger partial charge in [0.15, 0.2) is 0 Å². The van der Waals surface area contributed by atoms with Gasteiger partial charge in [-0.25, -0.2) is 0 Å². The minimum Gasteiger partial charge on any atom is -0.310 e. The van der Waals surface area contributed by atoms with Crippen LogP contribution in [0.15, 0.2) is 242 Å². The number of anilines is 3. The minimum absolute atomic E-state index is 1.02. The Morgan fingerprint density at radius 1 is 0.387 bits per heavy atom. The number of aromatic nitrogens is 1. The molecule has 288 valence electrons. The van der Waals surface area contributed by atoms with Gasteiger partial charge in [-0.05, 0) is 133 Å². The molecule has 0 aliphatic heterocycles. The zero-order valence-electron chi connectivity index (χ0n) is 33.8. The number of hydrogen-bond acceptors (Lipinski definition) is 1. The smallest absolute Gasteiger partial charge is 0.0547 e. The SMILES string of the molecule is C1=C=C(c2ccc(N(c3ccc(-c4cccc5ccccc45)cc3)c3cccc(-c4cccc5c4c4ccccc4n5-c4ccc5c(ccc6ccccc65)c4)c3)cc2)C=CC=1. The van der Waals surface area contributed by atoms with Gasteiger partial charge in [0.05, 0.1) is 11.0 Å². The van der Waals surface area contributed by atoms with Gasteiger partial charge in [-0.1, -0.05) is 169 Å². The third-order valence-electron chi connectivity index (χ3n) is 12.4. The second kappa shape index (κ2) is 14.7. The van der Waals surface area contributed by atoms with E-state index in [1.54, 1.807) is 0 Å². The van der Waals surface area contributed by atoms with Crippen LogP contribution < -0.4 is 4.90 Å². The van der Waals surface area contributed by atoms with E-state index in [0.717, 1.165) is 39.4 Å². The van der Waals surface area contributed by atoms with Crippen molar-refractivity contribution in [2.24, 2.45) is 0 Å². The molecule has 0 bridgehead atoms. The lowest BCUT2D eigenvalue weighted by atomic mass is 9.97. The average molecular weight is 787 g/mol. The molecule has 1 aromatic heterocycles. The monoisotopic (exact) mass is 786 g/mol. The number of allylic oxidation sites excluding steroid dienone is 4. The number of rotatable bonds is 7. The molecule has 0 unspecified atom stereocenters. The third kappa shape index (κ3) is 5.99. The van der Waals surface area contributed by atoms with E-state index < -0.39 is 0 Å². The van der Waals surface area contributed by atoms with Gasteiger partial charge in [-0.3, -0.25) is 0 Å². The first-order chi connectivity index (χ1) is 30.7. The van der Waals surface area contributed by atoms with Crippen molar-refractivity contribution in [1.29, 1.82) is 0 Å². The highest BCUT2D eigenvalue weighted by atomic mass is 15.1. The molecule has 1 aliphatic carbocycles.